The Kier molecular flexibility index (Phi) is 6.12. The van der Waals surface area contributed by atoms with Crippen molar-refractivity contribution in [1.82, 2.24) is 9.88 Å². The third-order valence-electron chi connectivity index (χ3n) is 7.22. The zero-order chi connectivity index (χ0) is 25.6. The van der Waals surface area contributed by atoms with Crippen molar-refractivity contribution in [3.8, 4) is 0 Å². The van der Waals surface area contributed by atoms with Gasteiger partial charge in [-0.15, -0.1) is 0 Å². The smallest absolute Gasteiger partial charge is 0.264 e. The van der Waals surface area contributed by atoms with E-state index in [4.69, 9.17) is 4.98 Å². The summed E-state index contributed by atoms with van der Waals surface area (Å²) in [5, 5.41) is 0.994. The molecule has 4 aromatic rings. The first-order valence-electron chi connectivity index (χ1n) is 12.6. The normalized spacial score (nSPS) is 15.9. The van der Waals surface area contributed by atoms with Crippen molar-refractivity contribution in [2.24, 2.45) is 0 Å². The van der Waals surface area contributed by atoms with Crippen LogP contribution in [-0.2, 0) is 22.9 Å². The first-order valence-corrected chi connectivity index (χ1v) is 14.8. The summed E-state index contributed by atoms with van der Waals surface area (Å²) in [7, 11) is -3.68. The van der Waals surface area contributed by atoms with E-state index in [1.807, 2.05) is 29.2 Å². The molecule has 2 aliphatic rings. The third-order valence-corrected chi connectivity index (χ3v) is 10.1. The van der Waals surface area contributed by atoms with Crippen LogP contribution in [0.1, 0.15) is 28.4 Å². The number of carbonyl (C=O) groups excluding carboxylic acids is 1. The summed E-state index contributed by atoms with van der Waals surface area (Å²) in [6.45, 7) is 5.21. The molecule has 0 saturated carbocycles. The molecule has 1 saturated heterocycles. The Labute approximate surface area is 221 Å². The maximum atomic E-state index is 13.3. The minimum absolute atomic E-state index is 0.0768. The van der Waals surface area contributed by atoms with Crippen LogP contribution in [0, 0.1) is 0 Å². The molecular formula is C28H28N4O3S2. The summed E-state index contributed by atoms with van der Waals surface area (Å²) in [5.41, 5.74) is 4.60. The van der Waals surface area contributed by atoms with Crippen molar-refractivity contribution >= 4 is 48.3 Å². The molecule has 6 rings (SSSR count). The number of carbonyl (C=O) groups is 1. The van der Waals surface area contributed by atoms with Gasteiger partial charge in [0.05, 0.1) is 20.8 Å². The minimum Gasteiger partial charge on any atom is -0.345 e. The number of anilines is 2. The van der Waals surface area contributed by atoms with Crippen molar-refractivity contribution in [1.29, 1.82) is 0 Å². The number of hydrogen-bond acceptors (Lipinski definition) is 6. The fraction of sp³-hybridized carbons (Fsp3) is 0.286. The van der Waals surface area contributed by atoms with E-state index in [0.717, 1.165) is 28.3 Å². The highest BCUT2D eigenvalue weighted by Gasteiger charge is 2.31. The highest BCUT2D eigenvalue weighted by molar-refractivity contribution is 7.92. The van der Waals surface area contributed by atoms with Crippen LogP contribution < -0.4 is 9.21 Å². The number of piperazine rings is 1. The molecule has 0 aliphatic carbocycles. The molecule has 3 heterocycles. The highest BCUT2D eigenvalue weighted by Crippen LogP contribution is 2.33. The van der Waals surface area contributed by atoms with Gasteiger partial charge in [-0.2, -0.15) is 0 Å². The first kappa shape index (κ1) is 23.9. The molecule has 7 nitrogen and oxygen atoms in total. The number of hydrogen-bond donors (Lipinski definition) is 0. The van der Waals surface area contributed by atoms with E-state index in [9.17, 15) is 13.2 Å². The lowest BCUT2D eigenvalue weighted by atomic mass is 10.2. The van der Waals surface area contributed by atoms with Crippen molar-refractivity contribution in [3.05, 3.63) is 83.4 Å². The highest BCUT2D eigenvalue weighted by atomic mass is 32.2. The fourth-order valence-corrected chi connectivity index (χ4v) is 7.63. The van der Waals surface area contributed by atoms with E-state index in [-0.39, 0.29) is 10.8 Å². The van der Waals surface area contributed by atoms with E-state index in [2.05, 4.69) is 30.0 Å². The summed E-state index contributed by atoms with van der Waals surface area (Å²) in [6, 6.07) is 20.4. The summed E-state index contributed by atoms with van der Waals surface area (Å²) >= 11 is 1.70. The number of sulfonamides is 1. The molecule has 1 aromatic heterocycles. The molecule has 0 unspecified atom stereocenters. The van der Waals surface area contributed by atoms with Crippen molar-refractivity contribution in [2.45, 2.75) is 24.7 Å². The Morgan fingerprint density at radius 1 is 0.946 bits per heavy atom. The van der Waals surface area contributed by atoms with Gasteiger partial charge < -0.3 is 9.80 Å². The van der Waals surface area contributed by atoms with Gasteiger partial charge in [0.1, 0.15) is 0 Å². The Bertz CT molecular complexity index is 1570. The van der Waals surface area contributed by atoms with Crippen molar-refractivity contribution in [3.63, 3.8) is 0 Å². The van der Waals surface area contributed by atoms with Crippen molar-refractivity contribution < 1.29 is 13.2 Å². The SMILES string of the molecule is CCc1ccc2nc(N3CCN(C(=O)c4ccc(S(=O)(=O)N5CCc6ccccc65)cc4)CC3)sc2c1. The molecule has 0 radical (unpaired) electrons. The first-order chi connectivity index (χ1) is 17.9. The largest absolute Gasteiger partial charge is 0.345 e. The van der Waals surface area contributed by atoms with Crippen LogP contribution in [0.3, 0.4) is 0 Å². The number of para-hydroxylation sites is 1. The molecule has 0 atom stereocenters. The van der Waals surface area contributed by atoms with Gasteiger partial charge in [0.25, 0.3) is 15.9 Å². The Hall–Kier alpha value is -3.43. The number of nitrogens with zero attached hydrogens (tertiary/aromatic N) is 4. The molecule has 9 heteroatoms. The standard InChI is InChI=1S/C28H28N4O3S2/c1-2-20-7-12-24-26(19-20)36-28(29-24)31-17-15-30(16-18-31)27(33)22-8-10-23(11-9-22)37(34,35)32-14-13-21-5-3-4-6-25(21)32/h3-12,19H,2,13-18H2,1H3. The fourth-order valence-electron chi connectivity index (χ4n) is 5.05. The van der Waals surface area contributed by atoms with Gasteiger partial charge in [-0.1, -0.05) is 42.5 Å². The number of thiazole rings is 1. The number of rotatable bonds is 5. The van der Waals surface area contributed by atoms with Crippen LogP contribution in [0.5, 0.6) is 0 Å². The number of fused-ring (bicyclic) bond motifs is 2. The number of aryl methyl sites for hydroxylation is 1. The maximum absolute atomic E-state index is 13.3. The monoisotopic (exact) mass is 532 g/mol. The molecule has 2 aliphatic heterocycles. The van der Waals surface area contributed by atoms with Crippen LogP contribution in [-0.4, -0.2) is 56.9 Å². The second-order valence-corrected chi connectivity index (χ2v) is 12.3. The number of benzene rings is 3. The van der Waals surface area contributed by atoms with Crippen LogP contribution in [0.25, 0.3) is 10.2 Å². The predicted molar refractivity (Wildman–Crippen MR) is 148 cm³/mol. The van der Waals surface area contributed by atoms with E-state index in [0.29, 0.717) is 44.7 Å². The average molecular weight is 533 g/mol. The Morgan fingerprint density at radius 3 is 2.46 bits per heavy atom. The van der Waals surface area contributed by atoms with E-state index in [1.165, 1.54) is 14.6 Å². The minimum atomic E-state index is -3.68. The lowest BCUT2D eigenvalue weighted by Crippen LogP contribution is -2.48. The summed E-state index contributed by atoms with van der Waals surface area (Å²) in [5.74, 6) is -0.0768. The molecule has 1 fully saturated rings. The Balaban J connectivity index is 1.12. The van der Waals surface area contributed by atoms with E-state index >= 15 is 0 Å². The summed E-state index contributed by atoms with van der Waals surface area (Å²) in [4.78, 5) is 22.2. The molecule has 0 bridgehead atoms. The average Bonchev–Trinajstić information content (AvgIpc) is 3.57. The lowest BCUT2D eigenvalue weighted by molar-refractivity contribution is 0.0746. The zero-order valence-corrected chi connectivity index (χ0v) is 22.3. The van der Waals surface area contributed by atoms with Gasteiger partial charge in [-0.25, -0.2) is 13.4 Å². The van der Waals surface area contributed by atoms with Gasteiger partial charge in [0.2, 0.25) is 0 Å². The van der Waals surface area contributed by atoms with Gasteiger partial charge in [-0.05, 0) is 66.4 Å². The number of aromatic nitrogens is 1. The molecule has 3 aromatic carbocycles. The second kappa shape index (κ2) is 9.46. The maximum Gasteiger partial charge on any atom is 0.264 e. The summed E-state index contributed by atoms with van der Waals surface area (Å²) in [6.07, 6.45) is 1.71. The number of amides is 1. The molecule has 0 N–H and O–H groups in total. The van der Waals surface area contributed by atoms with Gasteiger partial charge >= 0.3 is 0 Å². The van der Waals surface area contributed by atoms with Gasteiger partial charge in [0.15, 0.2) is 5.13 Å². The zero-order valence-electron chi connectivity index (χ0n) is 20.6. The van der Waals surface area contributed by atoms with Crippen LogP contribution >= 0.6 is 11.3 Å². The second-order valence-electron chi connectivity index (χ2n) is 9.41. The van der Waals surface area contributed by atoms with Gasteiger partial charge in [0, 0.05) is 38.3 Å². The molecular weight excluding hydrogens is 504 g/mol. The van der Waals surface area contributed by atoms with E-state index in [1.54, 1.807) is 35.6 Å². The van der Waals surface area contributed by atoms with Gasteiger partial charge in [-0.3, -0.25) is 9.10 Å². The molecule has 0 spiro atoms. The van der Waals surface area contributed by atoms with E-state index < -0.39 is 10.0 Å². The lowest BCUT2D eigenvalue weighted by Gasteiger charge is -2.34. The predicted octanol–water partition coefficient (Wildman–Crippen LogP) is 4.57. The van der Waals surface area contributed by atoms with Crippen molar-refractivity contribution in [2.75, 3.05) is 41.9 Å². The molecule has 1 amide bonds. The third kappa shape index (κ3) is 4.36. The van der Waals surface area contributed by atoms with Crippen LogP contribution in [0.4, 0.5) is 10.8 Å². The molecule has 190 valence electrons. The van der Waals surface area contributed by atoms with Crippen LogP contribution in [0.15, 0.2) is 71.6 Å². The quantitative estimate of drug-likeness (QED) is 0.376. The Morgan fingerprint density at radius 2 is 1.70 bits per heavy atom. The molecule has 37 heavy (non-hydrogen) atoms. The summed E-state index contributed by atoms with van der Waals surface area (Å²) < 4.78 is 29.2. The van der Waals surface area contributed by atoms with Crippen LogP contribution in [0.2, 0.25) is 0 Å². The topological polar surface area (TPSA) is 73.8 Å².